The predicted octanol–water partition coefficient (Wildman–Crippen LogP) is 6.22. The number of nitrogens with zero attached hydrogens (tertiary/aromatic N) is 4. The van der Waals surface area contributed by atoms with Gasteiger partial charge in [-0.15, -0.1) is 0 Å². The third-order valence-corrected chi connectivity index (χ3v) is 6.63. The zero-order valence-corrected chi connectivity index (χ0v) is 19.4. The van der Waals surface area contributed by atoms with Crippen molar-refractivity contribution in [2.75, 3.05) is 18.0 Å². The van der Waals surface area contributed by atoms with Crippen molar-refractivity contribution in [3.05, 3.63) is 62.2 Å². The Kier molecular flexibility index (Phi) is 5.16. The van der Waals surface area contributed by atoms with Gasteiger partial charge in [-0.1, -0.05) is 15.9 Å². The van der Waals surface area contributed by atoms with Gasteiger partial charge in [0.05, 0.1) is 17.9 Å². The molecular formula is C24H27BrN4. The Hall–Kier alpha value is -2.32. The number of fused-ring (bicyclic) bond motifs is 1. The zero-order chi connectivity index (χ0) is 20.9. The largest absolute Gasteiger partial charge is 0.363 e. The van der Waals surface area contributed by atoms with Crippen molar-refractivity contribution in [1.82, 2.24) is 9.55 Å². The first kappa shape index (κ1) is 20.0. The summed E-state index contributed by atoms with van der Waals surface area (Å²) in [6.07, 6.45) is 2.07. The molecule has 0 bridgehead atoms. The number of anilines is 1. The van der Waals surface area contributed by atoms with E-state index in [0.717, 1.165) is 41.7 Å². The van der Waals surface area contributed by atoms with Crippen molar-refractivity contribution in [2.24, 2.45) is 0 Å². The molecule has 1 aliphatic rings. The minimum absolute atomic E-state index is 0.0896. The normalized spacial score (nSPS) is 17.0. The van der Waals surface area contributed by atoms with Crippen LogP contribution in [0.25, 0.3) is 21.6 Å². The van der Waals surface area contributed by atoms with Crippen molar-refractivity contribution in [2.45, 2.75) is 53.5 Å². The van der Waals surface area contributed by atoms with Crippen LogP contribution in [0.15, 0.2) is 22.7 Å². The van der Waals surface area contributed by atoms with Gasteiger partial charge in [0.2, 0.25) is 6.04 Å². The van der Waals surface area contributed by atoms with E-state index in [4.69, 9.17) is 11.6 Å². The second-order valence-electron chi connectivity index (χ2n) is 8.29. The zero-order valence-electron chi connectivity index (χ0n) is 17.8. The number of aromatic nitrogens is 2. The summed E-state index contributed by atoms with van der Waals surface area (Å²) < 4.78 is 3.43. The van der Waals surface area contributed by atoms with Crippen molar-refractivity contribution in [1.29, 1.82) is 0 Å². The SMILES string of the molecule is [C-]#[N+]C1CCCN(c2cc(C)nc3c2c(C)c(C)n3-c2c(C)cc(Br)cc2C)C1. The minimum Gasteiger partial charge on any atom is -0.363 e. The molecule has 1 aromatic carbocycles. The van der Waals surface area contributed by atoms with Crippen molar-refractivity contribution < 1.29 is 0 Å². The van der Waals surface area contributed by atoms with Crippen molar-refractivity contribution in [3.8, 4) is 5.69 Å². The molecule has 1 fully saturated rings. The molecule has 150 valence electrons. The van der Waals surface area contributed by atoms with Crippen LogP contribution in [0.5, 0.6) is 0 Å². The summed E-state index contributed by atoms with van der Waals surface area (Å²) in [6.45, 7) is 20.1. The van der Waals surface area contributed by atoms with E-state index in [2.05, 4.69) is 83.1 Å². The Bertz CT molecular complexity index is 1130. The van der Waals surface area contributed by atoms with Gasteiger partial charge >= 0.3 is 0 Å². The van der Waals surface area contributed by atoms with Gasteiger partial charge in [0.1, 0.15) is 5.65 Å². The fourth-order valence-electron chi connectivity index (χ4n) is 4.73. The molecule has 0 N–H and O–H groups in total. The molecule has 3 heterocycles. The van der Waals surface area contributed by atoms with Crippen molar-refractivity contribution in [3.63, 3.8) is 0 Å². The number of aryl methyl sites for hydroxylation is 4. The summed E-state index contributed by atoms with van der Waals surface area (Å²) in [5, 5.41) is 1.22. The Morgan fingerprint density at radius 2 is 1.79 bits per heavy atom. The molecule has 0 saturated carbocycles. The highest BCUT2D eigenvalue weighted by Gasteiger charge is 2.27. The van der Waals surface area contributed by atoms with Crippen LogP contribution in [0.3, 0.4) is 0 Å². The fraction of sp³-hybridized carbons (Fsp3) is 0.417. The molecule has 0 aliphatic carbocycles. The van der Waals surface area contributed by atoms with Crippen LogP contribution in [0.2, 0.25) is 0 Å². The van der Waals surface area contributed by atoms with Crippen LogP contribution in [0.1, 0.15) is 40.9 Å². The van der Waals surface area contributed by atoms with Gasteiger partial charge in [-0.2, -0.15) is 0 Å². The van der Waals surface area contributed by atoms with Crippen molar-refractivity contribution >= 4 is 32.7 Å². The molecular weight excluding hydrogens is 424 g/mol. The van der Waals surface area contributed by atoms with Gasteiger partial charge in [-0.05, 0) is 75.9 Å². The highest BCUT2D eigenvalue weighted by molar-refractivity contribution is 9.10. The minimum atomic E-state index is 0.0896. The highest BCUT2D eigenvalue weighted by Crippen LogP contribution is 2.38. The average Bonchev–Trinajstić information content (AvgIpc) is 2.91. The topological polar surface area (TPSA) is 25.4 Å². The lowest BCUT2D eigenvalue weighted by Gasteiger charge is -2.30. The third kappa shape index (κ3) is 3.34. The number of piperidine rings is 1. The molecule has 2 aromatic heterocycles. The van der Waals surface area contributed by atoms with E-state index in [9.17, 15) is 0 Å². The van der Waals surface area contributed by atoms with Gasteiger partial charge in [0.25, 0.3) is 0 Å². The summed E-state index contributed by atoms with van der Waals surface area (Å²) in [6, 6.07) is 6.63. The molecule has 1 atom stereocenters. The highest BCUT2D eigenvalue weighted by atomic mass is 79.9. The number of benzene rings is 1. The predicted molar refractivity (Wildman–Crippen MR) is 124 cm³/mol. The molecule has 1 aliphatic heterocycles. The number of halogens is 1. The lowest BCUT2D eigenvalue weighted by Crippen LogP contribution is -2.37. The lowest BCUT2D eigenvalue weighted by molar-refractivity contribution is 0.551. The number of hydrogen-bond donors (Lipinski definition) is 0. The van der Waals surface area contributed by atoms with E-state index < -0.39 is 0 Å². The summed E-state index contributed by atoms with van der Waals surface area (Å²) >= 11 is 3.63. The maximum Gasteiger partial charge on any atom is 0.240 e. The molecule has 1 saturated heterocycles. The van der Waals surface area contributed by atoms with Gasteiger partial charge in [-0.3, -0.25) is 4.57 Å². The van der Waals surface area contributed by atoms with Crippen LogP contribution < -0.4 is 4.90 Å². The molecule has 29 heavy (non-hydrogen) atoms. The molecule has 0 radical (unpaired) electrons. The van der Waals surface area contributed by atoms with Gasteiger partial charge in [0.15, 0.2) is 0 Å². The molecule has 3 aromatic rings. The smallest absolute Gasteiger partial charge is 0.240 e. The first-order valence-electron chi connectivity index (χ1n) is 10.2. The van der Waals surface area contributed by atoms with E-state index in [1.165, 1.54) is 39.1 Å². The van der Waals surface area contributed by atoms with Crippen LogP contribution >= 0.6 is 15.9 Å². The molecule has 4 rings (SSSR count). The third-order valence-electron chi connectivity index (χ3n) is 6.17. The van der Waals surface area contributed by atoms with E-state index in [1.54, 1.807) is 0 Å². The second kappa shape index (κ2) is 7.50. The van der Waals surface area contributed by atoms with E-state index >= 15 is 0 Å². The fourth-order valence-corrected chi connectivity index (χ4v) is 5.41. The standard InChI is InChI=1S/C24H27BrN4/c1-14-10-19(25)11-15(2)23(14)29-18(5)17(4)22-21(12-16(3)27-24(22)29)28-9-7-8-20(13-28)26-6/h10-12,20H,7-9,13H2,1-5H3. The summed E-state index contributed by atoms with van der Waals surface area (Å²) in [4.78, 5) is 11.2. The molecule has 0 spiro atoms. The Balaban J connectivity index is 2.00. The quantitative estimate of drug-likeness (QED) is 0.433. The Morgan fingerprint density at radius 1 is 1.10 bits per heavy atom. The van der Waals surface area contributed by atoms with E-state index in [1.807, 2.05) is 0 Å². The Morgan fingerprint density at radius 3 is 2.45 bits per heavy atom. The van der Waals surface area contributed by atoms with Gasteiger partial charge < -0.3 is 9.74 Å². The summed E-state index contributed by atoms with van der Waals surface area (Å²) in [5.41, 5.74) is 9.44. The molecule has 4 nitrogen and oxygen atoms in total. The number of hydrogen-bond acceptors (Lipinski definition) is 2. The van der Waals surface area contributed by atoms with Gasteiger partial charge in [0, 0.05) is 34.2 Å². The maximum absolute atomic E-state index is 7.49. The number of pyridine rings is 1. The van der Waals surface area contributed by atoms with Crippen LogP contribution in [-0.4, -0.2) is 28.7 Å². The summed E-state index contributed by atoms with van der Waals surface area (Å²) in [7, 11) is 0. The average molecular weight is 451 g/mol. The van der Waals surface area contributed by atoms with Gasteiger partial charge in [-0.25, -0.2) is 11.6 Å². The van der Waals surface area contributed by atoms with Crippen LogP contribution in [0.4, 0.5) is 5.69 Å². The maximum atomic E-state index is 7.49. The van der Waals surface area contributed by atoms with E-state index in [0.29, 0.717) is 0 Å². The van der Waals surface area contributed by atoms with E-state index in [-0.39, 0.29) is 6.04 Å². The second-order valence-corrected chi connectivity index (χ2v) is 9.20. The molecule has 0 amide bonds. The van der Waals surface area contributed by atoms with Crippen LogP contribution in [-0.2, 0) is 0 Å². The number of rotatable bonds is 2. The first-order chi connectivity index (χ1) is 13.8. The Labute approximate surface area is 181 Å². The monoisotopic (exact) mass is 450 g/mol. The lowest BCUT2D eigenvalue weighted by atomic mass is 10.0. The summed E-state index contributed by atoms with van der Waals surface area (Å²) in [5.74, 6) is 0. The van der Waals surface area contributed by atoms with Crippen LogP contribution in [0, 0.1) is 41.2 Å². The molecule has 5 heteroatoms. The molecule has 1 unspecified atom stereocenters. The first-order valence-corrected chi connectivity index (χ1v) is 11.0.